The summed E-state index contributed by atoms with van der Waals surface area (Å²) in [4.78, 5) is 29.7. The van der Waals surface area contributed by atoms with Gasteiger partial charge in [0, 0.05) is 11.7 Å². The highest BCUT2D eigenvalue weighted by molar-refractivity contribution is 7.17. The van der Waals surface area contributed by atoms with E-state index < -0.39 is 5.54 Å². The predicted molar refractivity (Wildman–Crippen MR) is 135 cm³/mol. The largest absolute Gasteiger partial charge is 0.351 e. The average Bonchev–Trinajstić information content (AvgIpc) is 3.33. The lowest BCUT2D eigenvalue weighted by Gasteiger charge is -2.45. The third-order valence-corrected chi connectivity index (χ3v) is 8.73. The van der Waals surface area contributed by atoms with E-state index in [0.717, 1.165) is 39.9 Å². The molecule has 3 aromatic rings. The zero-order valence-electron chi connectivity index (χ0n) is 20.1. The van der Waals surface area contributed by atoms with E-state index in [1.165, 1.54) is 6.42 Å². The number of thiophene rings is 1. The molecule has 2 amide bonds. The van der Waals surface area contributed by atoms with Gasteiger partial charge in [-0.25, -0.2) is 0 Å². The smallest absolute Gasteiger partial charge is 0.275 e. The van der Waals surface area contributed by atoms with Crippen LogP contribution in [0.3, 0.4) is 0 Å². The van der Waals surface area contributed by atoms with Crippen LogP contribution in [-0.4, -0.2) is 28.0 Å². The second kappa shape index (κ2) is 8.01. The van der Waals surface area contributed by atoms with Gasteiger partial charge in [0.1, 0.15) is 11.2 Å². The van der Waals surface area contributed by atoms with Gasteiger partial charge in [0.05, 0.1) is 16.8 Å². The van der Waals surface area contributed by atoms with E-state index in [-0.39, 0.29) is 17.9 Å². The molecule has 174 valence electrons. The van der Waals surface area contributed by atoms with Crippen molar-refractivity contribution in [3.63, 3.8) is 0 Å². The Morgan fingerprint density at radius 2 is 1.85 bits per heavy atom. The number of hydrogen-bond acceptors (Lipinski definition) is 3. The van der Waals surface area contributed by atoms with Gasteiger partial charge in [-0.1, -0.05) is 32.8 Å². The maximum atomic E-state index is 14.0. The Kier molecular flexibility index (Phi) is 5.39. The summed E-state index contributed by atoms with van der Waals surface area (Å²) in [5.74, 6) is 0.828. The summed E-state index contributed by atoms with van der Waals surface area (Å²) in [7, 11) is 0. The molecular weight excluding hydrogens is 430 g/mol. The van der Waals surface area contributed by atoms with Crippen LogP contribution in [0.1, 0.15) is 61.6 Å². The molecule has 5 nitrogen and oxygen atoms in total. The van der Waals surface area contributed by atoms with Crippen LogP contribution in [0.25, 0.3) is 10.2 Å². The zero-order chi connectivity index (χ0) is 23.5. The number of nitrogens with one attached hydrogen (secondary N) is 1. The number of aryl methyl sites for hydroxylation is 2. The van der Waals surface area contributed by atoms with E-state index in [1.807, 2.05) is 55.0 Å². The van der Waals surface area contributed by atoms with E-state index in [9.17, 15) is 9.59 Å². The number of carbonyl (C=O) groups excluding carboxylic acids is 2. The lowest BCUT2D eigenvalue weighted by Crippen LogP contribution is -2.66. The van der Waals surface area contributed by atoms with Crippen molar-refractivity contribution in [3.8, 4) is 0 Å². The molecular formula is C27H33N3O2S. The normalized spacial score (nSPS) is 27.6. The third kappa shape index (κ3) is 3.59. The lowest BCUT2D eigenvalue weighted by molar-refractivity contribution is -0.128. The van der Waals surface area contributed by atoms with Crippen LogP contribution in [0, 0.1) is 25.7 Å². The molecule has 4 atom stereocenters. The number of nitrogens with zero attached hydrogens (tertiary/aromatic N) is 2. The van der Waals surface area contributed by atoms with Gasteiger partial charge in [-0.15, -0.1) is 11.3 Å². The van der Waals surface area contributed by atoms with Gasteiger partial charge in [-0.05, 0) is 79.8 Å². The van der Waals surface area contributed by atoms with E-state index in [1.54, 1.807) is 16.2 Å². The molecule has 2 aliphatic rings. The Morgan fingerprint density at radius 1 is 1.12 bits per heavy atom. The topological polar surface area (TPSA) is 54.3 Å². The van der Waals surface area contributed by atoms with E-state index in [0.29, 0.717) is 24.1 Å². The molecule has 1 aliphatic carbocycles. The monoisotopic (exact) mass is 463 g/mol. The van der Waals surface area contributed by atoms with Crippen LogP contribution in [0.2, 0.25) is 0 Å². The summed E-state index contributed by atoms with van der Waals surface area (Å²) in [6.07, 6.45) is 3.33. The summed E-state index contributed by atoms with van der Waals surface area (Å²) < 4.78 is 3.12. The molecule has 1 fully saturated rings. The minimum absolute atomic E-state index is 0.0660. The van der Waals surface area contributed by atoms with Gasteiger partial charge < -0.3 is 9.88 Å². The summed E-state index contributed by atoms with van der Waals surface area (Å²) in [5, 5.41) is 5.42. The maximum absolute atomic E-state index is 14.0. The van der Waals surface area contributed by atoms with E-state index in [2.05, 4.69) is 25.2 Å². The van der Waals surface area contributed by atoms with Gasteiger partial charge in [0.25, 0.3) is 5.91 Å². The van der Waals surface area contributed by atoms with Gasteiger partial charge in [0.2, 0.25) is 5.91 Å². The number of anilines is 1. The van der Waals surface area contributed by atoms with Crippen molar-refractivity contribution in [2.24, 2.45) is 11.8 Å². The highest BCUT2D eigenvalue weighted by Gasteiger charge is 2.49. The fourth-order valence-electron chi connectivity index (χ4n) is 5.81. The van der Waals surface area contributed by atoms with Crippen molar-refractivity contribution >= 4 is 39.1 Å². The predicted octanol–water partition coefficient (Wildman–Crippen LogP) is 5.68. The molecule has 6 heteroatoms. The molecule has 0 unspecified atom stereocenters. The fourth-order valence-corrected chi connectivity index (χ4v) is 6.63. The first-order valence-corrected chi connectivity index (χ1v) is 12.9. The molecule has 33 heavy (non-hydrogen) atoms. The number of fused-ring (bicyclic) bond motifs is 3. The van der Waals surface area contributed by atoms with Crippen molar-refractivity contribution in [3.05, 3.63) is 52.5 Å². The zero-order valence-corrected chi connectivity index (χ0v) is 21.0. The minimum atomic E-state index is -1.03. The molecule has 5 rings (SSSR count). The highest BCUT2D eigenvalue weighted by Crippen LogP contribution is 2.38. The maximum Gasteiger partial charge on any atom is 0.275 e. The third-order valence-electron chi connectivity index (χ3n) is 7.88. The molecule has 1 aromatic carbocycles. The Labute approximate surface area is 199 Å². The van der Waals surface area contributed by atoms with Crippen LogP contribution in [-0.2, 0) is 11.3 Å². The highest BCUT2D eigenvalue weighted by atomic mass is 32.1. The van der Waals surface area contributed by atoms with Gasteiger partial charge in [0.15, 0.2) is 0 Å². The molecule has 1 aliphatic heterocycles. The molecule has 0 radical (unpaired) electrons. The second-order valence-corrected chi connectivity index (χ2v) is 11.3. The second-order valence-electron chi connectivity index (χ2n) is 10.4. The number of rotatable bonds is 3. The number of carbonyl (C=O) groups is 2. The Bertz CT molecular complexity index is 1220. The first-order valence-electron chi connectivity index (χ1n) is 12.0. The molecule has 2 aromatic heterocycles. The van der Waals surface area contributed by atoms with Crippen molar-refractivity contribution in [1.29, 1.82) is 0 Å². The van der Waals surface area contributed by atoms with E-state index >= 15 is 0 Å². The summed E-state index contributed by atoms with van der Waals surface area (Å²) >= 11 is 1.63. The number of amides is 2. The Hall–Kier alpha value is -2.60. The standard InChI is InChI=1S/C27H33N3O2S/c1-16-11-17(2)13-20(12-16)30-25(31)23-14-24-22(9-10-33-24)29(23)15-27(30,5)26(32)28-21-8-6-7-18(3)19(21)4/h9-14,18-19,21H,6-8,15H2,1-5H3,(H,28,32)/t18-,19+,21-,27-/m1/s1. The molecule has 1 N–H and O–H groups in total. The first kappa shape index (κ1) is 22.2. The number of aromatic nitrogens is 1. The van der Waals surface area contributed by atoms with Crippen LogP contribution in [0.15, 0.2) is 35.7 Å². The SMILES string of the molecule is Cc1cc(C)cc(N2C(=O)c3cc4sccc4n3C[C@]2(C)C(=O)N[C@@H]2CCC[C@@H](C)[C@@H]2C)c1. The summed E-state index contributed by atoms with van der Waals surface area (Å²) in [6, 6.07) is 10.3. The van der Waals surface area contributed by atoms with Crippen molar-refractivity contribution < 1.29 is 9.59 Å². The van der Waals surface area contributed by atoms with Crippen molar-refractivity contribution in [2.75, 3.05) is 4.90 Å². The molecule has 3 heterocycles. The Balaban J connectivity index is 1.60. The number of hydrogen-bond donors (Lipinski definition) is 1. The first-order chi connectivity index (χ1) is 15.7. The van der Waals surface area contributed by atoms with Gasteiger partial charge in [-0.3, -0.25) is 14.5 Å². The van der Waals surface area contributed by atoms with Crippen molar-refractivity contribution in [1.82, 2.24) is 9.88 Å². The van der Waals surface area contributed by atoms with Crippen LogP contribution in [0.4, 0.5) is 5.69 Å². The van der Waals surface area contributed by atoms with E-state index in [4.69, 9.17) is 0 Å². The molecule has 0 spiro atoms. The quantitative estimate of drug-likeness (QED) is 0.543. The number of benzene rings is 1. The minimum Gasteiger partial charge on any atom is -0.351 e. The summed E-state index contributed by atoms with van der Waals surface area (Å²) in [6.45, 7) is 10.9. The van der Waals surface area contributed by atoms with Crippen LogP contribution < -0.4 is 10.2 Å². The molecule has 0 bridgehead atoms. The fraction of sp³-hybridized carbons (Fsp3) is 0.481. The Morgan fingerprint density at radius 3 is 2.58 bits per heavy atom. The lowest BCUT2D eigenvalue weighted by atomic mass is 9.77. The average molecular weight is 464 g/mol. The van der Waals surface area contributed by atoms with Crippen molar-refractivity contribution in [2.45, 2.75) is 72.0 Å². The van der Waals surface area contributed by atoms with Gasteiger partial charge in [-0.2, -0.15) is 0 Å². The van der Waals surface area contributed by atoms with Gasteiger partial charge >= 0.3 is 0 Å². The molecule has 1 saturated carbocycles. The van der Waals surface area contributed by atoms with Crippen LogP contribution >= 0.6 is 11.3 Å². The summed E-state index contributed by atoms with van der Waals surface area (Å²) in [5.41, 5.74) is 3.60. The molecule has 0 saturated heterocycles. The van der Waals surface area contributed by atoms with Crippen LogP contribution in [0.5, 0.6) is 0 Å².